The monoisotopic (exact) mass is 236 g/mol. The third kappa shape index (κ3) is 1.86. The van der Waals surface area contributed by atoms with Crippen LogP contribution in [0.25, 0.3) is 0 Å². The molecule has 1 aliphatic carbocycles. The molecule has 0 radical (unpaired) electrons. The van der Waals surface area contributed by atoms with Crippen LogP contribution in [0.1, 0.15) is 13.8 Å². The van der Waals surface area contributed by atoms with Crippen LogP contribution in [0.4, 0.5) is 0 Å². The number of fused-ring (bicyclic) bond motifs is 1. The highest BCUT2D eigenvalue weighted by Crippen LogP contribution is 2.38. The number of allylic oxidation sites excluding steroid dienone is 2. The minimum Gasteiger partial charge on any atom is -0.477 e. The van der Waals surface area contributed by atoms with Gasteiger partial charge in [-0.3, -0.25) is 5.01 Å². The van der Waals surface area contributed by atoms with Gasteiger partial charge in [-0.05, 0) is 13.8 Å². The molecule has 2 rings (SSSR count). The molecule has 0 aromatic carbocycles. The fourth-order valence-corrected chi connectivity index (χ4v) is 2.35. The number of aliphatic hydroxyl groups is 1. The van der Waals surface area contributed by atoms with Crippen LogP contribution in [0.2, 0.25) is 0 Å². The highest BCUT2D eigenvalue weighted by atomic mass is 16.4. The van der Waals surface area contributed by atoms with Crippen molar-refractivity contribution in [3.63, 3.8) is 0 Å². The van der Waals surface area contributed by atoms with Gasteiger partial charge in [0.05, 0.1) is 24.1 Å². The van der Waals surface area contributed by atoms with E-state index in [1.165, 1.54) is 0 Å². The summed E-state index contributed by atoms with van der Waals surface area (Å²) in [7, 11) is 0. The molecule has 1 heterocycles. The van der Waals surface area contributed by atoms with Crippen LogP contribution in [0, 0.1) is 5.41 Å². The molecule has 5 heteroatoms. The number of nitrogens with zero attached hydrogens (tertiary/aromatic N) is 2. The summed E-state index contributed by atoms with van der Waals surface area (Å²) in [6, 6.07) is -0.131. The average Bonchev–Trinajstić information content (AvgIpc) is 2.51. The maximum atomic E-state index is 11.2. The van der Waals surface area contributed by atoms with Crippen LogP contribution < -0.4 is 0 Å². The Morgan fingerprint density at radius 3 is 2.94 bits per heavy atom. The van der Waals surface area contributed by atoms with Gasteiger partial charge in [-0.25, -0.2) is 4.79 Å². The molecule has 2 aliphatic rings. The fraction of sp³-hybridized carbons (Fsp3) is 0.500. The zero-order chi connectivity index (χ0) is 12.6. The summed E-state index contributed by atoms with van der Waals surface area (Å²) >= 11 is 0. The molecule has 1 aliphatic heterocycles. The van der Waals surface area contributed by atoms with Gasteiger partial charge in [0, 0.05) is 0 Å². The third-order valence-electron chi connectivity index (χ3n) is 3.18. The molecule has 0 amide bonds. The van der Waals surface area contributed by atoms with Crippen molar-refractivity contribution in [3.8, 4) is 0 Å². The number of aliphatic carboxylic acids is 1. The van der Waals surface area contributed by atoms with Crippen LogP contribution in [-0.2, 0) is 4.79 Å². The van der Waals surface area contributed by atoms with E-state index in [1.54, 1.807) is 11.9 Å². The highest BCUT2D eigenvalue weighted by Gasteiger charge is 2.48. The van der Waals surface area contributed by atoms with E-state index in [0.29, 0.717) is 6.54 Å². The maximum absolute atomic E-state index is 11.2. The Morgan fingerprint density at radius 2 is 2.35 bits per heavy atom. The van der Waals surface area contributed by atoms with E-state index in [9.17, 15) is 15.0 Å². The number of aliphatic hydroxyl groups excluding tert-OH is 1. The normalized spacial score (nSPS) is 32.3. The molecule has 3 atom stereocenters. The van der Waals surface area contributed by atoms with Gasteiger partial charge in [-0.15, -0.1) is 0 Å². The van der Waals surface area contributed by atoms with Crippen molar-refractivity contribution in [1.82, 2.24) is 5.01 Å². The van der Waals surface area contributed by atoms with Gasteiger partial charge in [0.2, 0.25) is 0 Å². The third-order valence-corrected chi connectivity index (χ3v) is 3.18. The summed E-state index contributed by atoms with van der Waals surface area (Å²) in [6.45, 7) is 3.84. The number of rotatable bonds is 3. The van der Waals surface area contributed by atoms with Gasteiger partial charge in [-0.2, -0.15) is 5.10 Å². The summed E-state index contributed by atoms with van der Waals surface area (Å²) in [5.74, 6) is -1.01. The predicted octanol–water partition coefficient (Wildman–Crippen LogP) is 0.624. The van der Waals surface area contributed by atoms with Crippen molar-refractivity contribution in [2.24, 2.45) is 10.5 Å². The van der Waals surface area contributed by atoms with Crippen molar-refractivity contribution >= 4 is 11.7 Å². The summed E-state index contributed by atoms with van der Waals surface area (Å²) in [5, 5.41) is 24.4. The second kappa shape index (κ2) is 4.00. The van der Waals surface area contributed by atoms with E-state index in [4.69, 9.17) is 0 Å². The Hall–Kier alpha value is -1.62. The van der Waals surface area contributed by atoms with E-state index >= 15 is 0 Å². The number of carboxylic acids is 1. The number of hydrogen-bond acceptors (Lipinski definition) is 4. The molecule has 5 nitrogen and oxygen atoms in total. The van der Waals surface area contributed by atoms with Crippen LogP contribution in [-0.4, -0.2) is 45.6 Å². The molecule has 92 valence electrons. The van der Waals surface area contributed by atoms with E-state index in [-0.39, 0.29) is 11.8 Å². The average molecular weight is 236 g/mol. The van der Waals surface area contributed by atoms with Crippen molar-refractivity contribution in [1.29, 1.82) is 0 Å². The maximum Gasteiger partial charge on any atom is 0.353 e. The summed E-state index contributed by atoms with van der Waals surface area (Å²) in [6.07, 6.45) is 6.94. The first-order valence-corrected chi connectivity index (χ1v) is 5.58. The van der Waals surface area contributed by atoms with E-state index < -0.39 is 17.5 Å². The Balaban J connectivity index is 2.36. The molecule has 0 aromatic heterocycles. The molecule has 3 unspecified atom stereocenters. The second-order valence-electron chi connectivity index (χ2n) is 4.70. The van der Waals surface area contributed by atoms with Gasteiger partial charge in [0.1, 0.15) is 0 Å². The Bertz CT molecular complexity index is 425. The van der Waals surface area contributed by atoms with Crippen molar-refractivity contribution in [3.05, 3.63) is 24.3 Å². The molecule has 0 bridgehead atoms. The predicted molar refractivity (Wildman–Crippen MR) is 63.6 cm³/mol. The van der Waals surface area contributed by atoms with Gasteiger partial charge in [-0.1, -0.05) is 24.3 Å². The molecular formula is C12H16N2O3. The number of carbonyl (C=O) groups is 1. The lowest BCUT2D eigenvalue weighted by Crippen LogP contribution is -2.43. The molecular weight excluding hydrogens is 220 g/mol. The SMILES string of the molecule is CC(O)CN1N=C(C(=O)O)C2(C)C=CC=CC12. The first-order valence-electron chi connectivity index (χ1n) is 5.58. The van der Waals surface area contributed by atoms with Crippen LogP contribution in [0.5, 0.6) is 0 Å². The van der Waals surface area contributed by atoms with E-state index in [2.05, 4.69) is 5.10 Å². The first kappa shape index (κ1) is 11.9. The number of hydrogen-bond donors (Lipinski definition) is 2. The van der Waals surface area contributed by atoms with E-state index in [0.717, 1.165) is 0 Å². The molecule has 2 N–H and O–H groups in total. The molecule has 0 spiro atoms. The lowest BCUT2D eigenvalue weighted by molar-refractivity contribution is -0.129. The Kier molecular flexibility index (Phi) is 2.79. The molecule has 0 aromatic rings. The van der Waals surface area contributed by atoms with Crippen molar-refractivity contribution in [2.75, 3.05) is 6.54 Å². The minimum atomic E-state index is -1.01. The number of carboxylic acid groups (broad SMARTS) is 1. The Morgan fingerprint density at radius 1 is 1.65 bits per heavy atom. The molecule has 0 fully saturated rings. The van der Waals surface area contributed by atoms with Crippen LogP contribution >= 0.6 is 0 Å². The summed E-state index contributed by atoms with van der Waals surface area (Å²) in [4.78, 5) is 11.2. The zero-order valence-corrected chi connectivity index (χ0v) is 9.87. The minimum absolute atomic E-state index is 0.128. The largest absolute Gasteiger partial charge is 0.477 e. The summed E-state index contributed by atoms with van der Waals surface area (Å²) < 4.78 is 0. The smallest absolute Gasteiger partial charge is 0.353 e. The fourth-order valence-electron chi connectivity index (χ4n) is 2.35. The topological polar surface area (TPSA) is 73.1 Å². The Labute approximate surface area is 99.7 Å². The quantitative estimate of drug-likeness (QED) is 0.753. The lowest BCUT2D eigenvalue weighted by atomic mass is 9.76. The van der Waals surface area contributed by atoms with Gasteiger partial charge >= 0.3 is 5.97 Å². The van der Waals surface area contributed by atoms with Crippen molar-refractivity contribution < 1.29 is 15.0 Å². The highest BCUT2D eigenvalue weighted by molar-refractivity contribution is 6.39. The number of β-amino-alcohol motifs (C(OH)–C–C–N with tert-alkyl or cyclic N) is 1. The number of hydrazone groups is 1. The zero-order valence-electron chi connectivity index (χ0n) is 9.87. The molecule has 0 saturated carbocycles. The summed E-state index contributed by atoms with van der Waals surface area (Å²) in [5.41, 5.74) is -0.487. The van der Waals surface area contributed by atoms with Crippen LogP contribution in [0.3, 0.4) is 0 Å². The van der Waals surface area contributed by atoms with Gasteiger partial charge in [0.15, 0.2) is 5.71 Å². The lowest BCUT2D eigenvalue weighted by Gasteiger charge is -2.33. The van der Waals surface area contributed by atoms with E-state index in [1.807, 2.05) is 31.2 Å². The molecule has 0 saturated heterocycles. The molecule has 17 heavy (non-hydrogen) atoms. The first-order chi connectivity index (χ1) is 7.95. The second-order valence-corrected chi connectivity index (χ2v) is 4.70. The van der Waals surface area contributed by atoms with Crippen LogP contribution in [0.15, 0.2) is 29.4 Å². The van der Waals surface area contributed by atoms with Gasteiger partial charge < -0.3 is 10.2 Å². The van der Waals surface area contributed by atoms with Gasteiger partial charge in [0.25, 0.3) is 0 Å². The van der Waals surface area contributed by atoms with Crippen molar-refractivity contribution in [2.45, 2.75) is 26.0 Å². The standard InChI is InChI=1S/C12H16N2O3/c1-8(15)7-14-9-5-3-4-6-12(9,2)10(13-14)11(16)17/h3-6,8-9,15H,7H2,1-2H3,(H,16,17).